The van der Waals surface area contributed by atoms with Gasteiger partial charge in [0.25, 0.3) is 11.2 Å². The highest BCUT2D eigenvalue weighted by molar-refractivity contribution is 5.74. The molecule has 0 aliphatic heterocycles. The molecular formula is C18H14N4O. The molecule has 2 aromatic carbocycles. The summed E-state index contributed by atoms with van der Waals surface area (Å²) in [4.78, 5) is 22.5. The van der Waals surface area contributed by atoms with Crippen molar-refractivity contribution in [2.24, 2.45) is 0 Å². The van der Waals surface area contributed by atoms with Crippen LogP contribution in [0, 0.1) is 6.57 Å². The minimum atomic E-state index is -0.440. The van der Waals surface area contributed by atoms with Crippen LogP contribution < -0.4 is 10.9 Å². The molecule has 3 aromatic rings. The second-order valence-corrected chi connectivity index (χ2v) is 4.93. The molecule has 0 aliphatic carbocycles. The molecule has 0 spiro atoms. The maximum absolute atomic E-state index is 12.1. The van der Waals surface area contributed by atoms with Crippen molar-refractivity contribution >= 4 is 11.6 Å². The van der Waals surface area contributed by atoms with E-state index in [1.54, 1.807) is 0 Å². The van der Waals surface area contributed by atoms with Gasteiger partial charge in [0.05, 0.1) is 12.3 Å². The first-order chi connectivity index (χ1) is 11.3. The van der Waals surface area contributed by atoms with Gasteiger partial charge in [-0.1, -0.05) is 60.7 Å². The Morgan fingerprint density at radius 1 is 1.04 bits per heavy atom. The van der Waals surface area contributed by atoms with Gasteiger partial charge < -0.3 is 10.3 Å². The van der Waals surface area contributed by atoms with Gasteiger partial charge in [0.15, 0.2) is 0 Å². The summed E-state index contributed by atoms with van der Waals surface area (Å²) in [7, 11) is 0. The zero-order valence-corrected chi connectivity index (χ0v) is 12.3. The Labute approximate surface area is 133 Å². The number of H-pyrrole nitrogens is 1. The van der Waals surface area contributed by atoms with Crippen molar-refractivity contribution in [1.29, 1.82) is 0 Å². The molecule has 0 radical (unpaired) electrons. The van der Waals surface area contributed by atoms with Gasteiger partial charge in [0.1, 0.15) is 0 Å². The molecule has 0 bridgehead atoms. The van der Waals surface area contributed by atoms with Crippen molar-refractivity contribution in [2.45, 2.75) is 6.54 Å². The fraction of sp³-hybridized carbons (Fsp3) is 0.0556. The third-order valence-electron chi connectivity index (χ3n) is 3.36. The van der Waals surface area contributed by atoms with Gasteiger partial charge in [-0.05, 0) is 11.1 Å². The summed E-state index contributed by atoms with van der Waals surface area (Å²) in [6, 6.07) is 19.0. The number of rotatable bonds is 4. The number of nitrogens with zero attached hydrogens (tertiary/aromatic N) is 2. The van der Waals surface area contributed by atoms with E-state index >= 15 is 0 Å². The van der Waals surface area contributed by atoms with Crippen molar-refractivity contribution in [1.82, 2.24) is 9.97 Å². The van der Waals surface area contributed by atoms with Gasteiger partial charge in [-0.2, -0.15) is 0 Å². The second kappa shape index (κ2) is 6.58. The minimum Gasteiger partial charge on any atom is -0.352 e. The standard InChI is InChI=1S/C18H14N4O/c1-19-16-15(14-10-6-3-7-11-14)21-18(22-17(16)23)20-12-13-8-4-2-5-9-13/h2-11H,12H2,(H2,20,21,22,23). The smallest absolute Gasteiger partial charge is 0.276 e. The highest BCUT2D eigenvalue weighted by Gasteiger charge is 2.13. The number of aromatic nitrogens is 2. The van der Waals surface area contributed by atoms with Crippen molar-refractivity contribution < 1.29 is 0 Å². The van der Waals surface area contributed by atoms with E-state index in [1.165, 1.54) is 0 Å². The number of aromatic amines is 1. The highest BCUT2D eigenvalue weighted by Crippen LogP contribution is 2.25. The molecule has 3 rings (SSSR count). The predicted octanol–water partition coefficient (Wildman–Crippen LogP) is 3.60. The Hall–Kier alpha value is -3.39. The maximum Gasteiger partial charge on any atom is 0.276 e. The summed E-state index contributed by atoms with van der Waals surface area (Å²) in [5.41, 5.74) is 1.77. The Kier molecular flexibility index (Phi) is 4.16. The highest BCUT2D eigenvalue weighted by atomic mass is 16.1. The summed E-state index contributed by atoms with van der Waals surface area (Å²) in [5.74, 6) is 0.352. The molecular weight excluding hydrogens is 288 g/mol. The largest absolute Gasteiger partial charge is 0.352 e. The van der Waals surface area contributed by atoms with Crippen LogP contribution in [0.3, 0.4) is 0 Å². The first kappa shape index (κ1) is 14.5. The molecule has 1 heterocycles. The lowest BCUT2D eigenvalue weighted by molar-refractivity contribution is 1.04. The molecule has 112 valence electrons. The summed E-state index contributed by atoms with van der Waals surface area (Å²) in [5, 5.41) is 3.09. The number of nitrogens with one attached hydrogen (secondary N) is 2. The number of hydrogen-bond donors (Lipinski definition) is 2. The zero-order valence-electron chi connectivity index (χ0n) is 12.3. The van der Waals surface area contributed by atoms with Gasteiger partial charge >= 0.3 is 0 Å². The van der Waals surface area contributed by atoms with Gasteiger partial charge in [0.2, 0.25) is 5.95 Å². The van der Waals surface area contributed by atoms with Crippen LogP contribution in [0.15, 0.2) is 65.5 Å². The summed E-state index contributed by atoms with van der Waals surface area (Å²) >= 11 is 0. The molecule has 0 aliphatic rings. The van der Waals surface area contributed by atoms with E-state index in [9.17, 15) is 4.79 Å². The molecule has 0 saturated carbocycles. The number of anilines is 1. The third kappa shape index (κ3) is 3.27. The van der Waals surface area contributed by atoms with E-state index < -0.39 is 5.56 Å². The van der Waals surface area contributed by atoms with E-state index in [0.717, 1.165) is 11.1 Å². The molecule has 0 fully saturated rings. The zero-order chi connectivity index (χ0) is 16.1. The number of hydrogen-bond acceptors (Lipinski definition) is 3. The fourth-order valence-electron chi connectivity index (χ4n) is 2.23. The first-order valence-electron chi connectivity index (χ1n) is 7.13. The van der Waals surface area contributed by atoms with E-state index in [-0.39, 0.29) is 5.69 Å². The minimum absolute atomic E-state index is 0.00135. The molecule has 1 aromatic heterocycles. The molecule has 0 amide bonds. The van der Waals surface area contributed by atoms with Gasteiger partial charge in [-0.15, -0.1) is 0 Å². The molecule has 0 atom stereocenters. The van der Waals surface area contributed by atoms with Crippen LogP contribution in [-0.4, -0.2) is 9.97 Å². The lowest BCUT2D eigenvalue weighted by Gasteiger charge is -2.09. The van der Waals surface area contributed by atoms with Gasteiger partial charge in [-0.3, -0.25) is 4.79 Å². The topological polar surface area (TPSA) is 62.1 Å². The van der Waals surface area contributed by atoms with E-state index in [0.29, 0.717) is 18.2 Å². The van der Waals surface area contributed by atoms with Crippen molar-refractivity contribution in [3.8, 4) is 11.3 Å². The van der Waals surface area contributed by atoms with Crippen LogP contribution >= 0.6 is 0 Å². The van der Waals surface area contributed by atoms with Crippen molar-refractivity contribution in [3.05, 3.63) is 88.0 Å². The van der Waals surface area contributed by atoms with Gasteiger partial charge in [-0.25, -0.2) is 9.83 Å². The summed E-state index contributed by atoms with van der Waals surface area (Å²) in [6.45, 7) is 7.76. The van der Waals surface area contributed by atoms with Crippen LogP contribution in [0.2, 0.25) is 0 Å². The summed E-state index contributed by atoms with van der Waals surface area (Å²) in [6.07, 6.45) is 0. The Morgan fingerprint density at radius 2 is 1.70 bits per heavy atom. The number of benzene rings is 2. The van der Waals surface area contributed by atoms with E-state index in [1.807, 2.05) is 60.7 Å². The normalized spacial score (nSPS) is 10.0. The molecule has 23 heavy (non-hydrogen) atoms. The lowest BCUT2D eigenvalue weighted by atomic mass is 10.1. The quantitative estimate of drug-likeness (QED) is 0.724. The monoisotopic (exact) mass is 302 g/mol. The van der Waals surface area contributed by atoms with Crippen LogP contribution in [-0.2, 0) is 6.54 Å². The molecule has 2 N–H and O–H groups in total. The summed E-state index contributed by atoms with van der Waals surface area (Å²) < 4.78 is 0. The molecule has 5 nitrogen and oxygen atoms in total. The van der Waals surface area contributed by atoms with Crippen LogP contribution in [0.5, 0.6) is 0 Å². The average molecular weight is 302 g/mol. The molecule has 5 heteroatoms. The van der Waals surface area contributed by atoms with E-state index in [4.69, 9.17) is 6.57 Å². The fourth-order valence-corrected chi connectivity index (χ4v) is 2.23. The van der Waals surface area contributed by atoms with Crippen LogP contribution in [0.1, 0.15) is 5.56 Å². The molecule has 0 unspecified atom stereocenters. The van der Waals surface area contributed by atoms with Crippen LogP contribution in [0.25, 0.3) is 16.1 Å². The van der Waals surface area contributed by atoms with Gasteiger partial charge in [0, 0.05) is 6.54 Å². The maximum atomic E-state index is 12.1. The Bertz CT molecular complexity index is 896. The second-order valence-electron chi connectivity index (χ2n) is 4.93. The average Bonchev–Trinajstić information content (AvgIpc) is 2.61. The Balaban J connectivity index is 1.95. The van der Waals surface area contributed by atoms with E-state index in [2.05, 4.69) is 20.1 Å². The van der Waals surface area contributed by atoms with Crippen LogP contribution in [0.4, 0.5) is 11.6 Å². The lowest BCUT2D eigenvalue weighted by Crippen LogP contribution is -2.13. The predicted molar refractivity (Wildman–Crippen MR) is 90.3 cm³/mol. The Morgan fingerprint density at radius 3 is 2.35 bits per heavy atom. The van der Waals surface area contributed by atoms with Crippen molar-refractivity contribution in [2.75, 3.05) is 5.32 Å². The first-order valence-corrected chi connectivity index (χ1v) is 7.13. The third-order valence-corrected chi connectivity index (χ3v) is 3.36. The van der Waals surface area contributed by atoms with Crippen molar-refractivity contribution in [3.63, 3.8) is 0 Å². The molecule has 0 saturated heterocycles. The SMILES string of the molecule is [C-]#[N+]c1c(-c2ccccc2)nc(NCc2ccccc2)[nH]c1=O.